The number of aromatic nitrogens is 4. The first-order valence-corrected chi connectivity index (χ1v) is 10.6. The Labute approximate surface area is 187 Å². The predicted octanol–water partition coefficient (Wildman–Crippen LogP) is 3.44. The Morgan fingerprint density at radius 2 is 1.79 bits per heavy atom. The van der Waals surface area contributed by atoms with Gasteiger partial charge < -0.3 is 5.32 Å². The molecule has 33 heavy (non-hydrogen) atoms. The molecule has 0 spiro atoms. The van der Waals surface area contributed by atoms with Crippen molar-refractivity contribution in [3.05, 3.63) is 82.2 Å². The quantitative estimate of drug-likeness (QED) is 0.459. The lowest BCUT2D eigenvalue weighted by Crippen LogP contribution is -2.31. The Kier molecular flexibility index (Phi) is 5.08. The largest absolute Gasteiger partial charge is 0.324 e. The molecular weight excluding hydrogens is 425 g/mol. The molecule has 166 valence electrons. The van der Waals surface area contributed by atoms with Crippen molar-refractivity contribution in [2.45, 2.75) is 32.2 Å². The van der Waals surface area contributed by atoms with Crippen molar-refractivity contribution in [1.29, 1.82) is 0 Å². The Morgan fingerprint density at radius 3 is 2.42 bits per heavy atom. The van der Waals surface area contributed by atoms with Gasteiger partial charge in [0.25, 0.3) is 5.56 Å². The number of hydrogen-bond acceptors (Lipinski definition) is 5. The third-order valence-electron chi connectivity index (χ3n) is 5.61. The molecule has 5 rings (SSSR count). The first-order chi connectivity index (χ1) is 15.9. The van der Waals surface area contributed by atoms with Gasteiger partial charge in [-0.15, -0.1) is 0 Å². The van der Waals surface area contributed by atoms with Crippen LogP contribution in [0.1, 0.15) is 41.7 Å². The van der Waals surface area contributed by atoms with Gasteiger partial charge in [0.2, 0.25) is 5.91 Å². The third-order valence-corrected chi connectivity index (χ3v) is 5.61. The number of nitrogens with zero attached hydrogens (tertiary/aromatic N) is 4. The molecule has 9 heteroatoms. The van der Waals surface area contributed by atoms with E-state index in [9.17, 15) is 18.8 Å². The lowest BCUT2D eigenvalue weighted by atomic mass is 10.1. The van der Waals surface area contributed by atoms with Gasteiger partial charge in [0, 0.05) is 22.6 Å². The summed E-state index contributed by atoms with van der Waals surface area (Å²) in [6.07, 6.45) is 3.51. The summed E-state index contributed by atoms with van der Waals surface area (Å²) in [7, 11) is 0. The monoisotopic (exact) mass is 445 g/mol. The second-order valence-electron chi connectivity index (χ2n) is 8.10. The average molecular weight is 445 g/mol. The minimum Gasteiger partial charge on any atom is -0.324 e. The number of carbonyl (C=O) groups excluding carboxylic acids is 2. The van der Waals surface area contributed by atoms with Crippen molar-refractivity contribution in [3.8, 4) is 5.69 Å². The topological polar surface area (TPSA) is 98.9 Å². The van der Waals surface area contributed by atoms with Crippen molar-refractivity contribution in [2.24, 2.45) is 0 Å². The van der Waals surface area contributed by atoms with Crippen LogP contribution in [0.2, 0.25) is 0 Å². The Morgan fingerprint density at radius 1 is 1.09 bits per heavy atom. The van der Waals surface area contributed by atoms with Crippen LogP contribution in [0.15, 0.2) is 59.5 Å². The van der Waals surface area contributed by atoms with Crippen molar-refractivity contribution in [2.75, 3.05) is 5.32 Å². The van der Waals surface area contributed by atoms with E-state index >= 15 is 0 Å². The smallest absolute Gasteiger partial charge is 0.293 e. The predicted molar refractivity (Wildman–Crippen MR) is 120 cm³/mol. The van der Waals surface area contributed by atoms with Crippen LogP contribution in [0.4, 0.5) is 10.1 Å². The molecule has 4 aromatic rings. The van der Waals surface area contributed by atoms with Crippen LogP contribution in [-0.2, 0) is 11.3 Å². The summed E-state index contributed by atoms with van der Waals surface area (Å²) in [4.78, 5) is 37.4. The first kappa shape index (κ1) is 20.7. The van der Waals surface area contributed by atoms with E-state index in [2.05, 4.69) is 15.5 Å². The number of benzene rings is 2. The summed E-state index contributed by atoms with van der Waals surface area (Å²) in [6.45, 7) is 1.19. The number of Topliss-reactive ketones (excluding diaryl/α,β-unsaturated/α-hetero) is 1. The Bertz CT molecular complexity index is 1430. The molecule has 0 aliphatic heterocycles. The molecule has 8 nitrogen and oxygen atoms in total. The molecule has 0 bridgehead atoms. The molecule has 1 aliphatic carbocycles. The molecule has 0 radical (unpaired) electrons. The van der Waals surface area contributed by atoms with Crippen LogP contribution in [0, 0.1) is 5.82 Å². The fourth-order valence-corrected chi connectivity index (χ4v) is 3.76. The number of amides is 1. The second-order valence-corrected chi connectivity index (χ2v) is 8.10. The van der Waals surface area contributed by atoms with E-state index in [-0.39, 0.29) is 24.1 Å². The average Bonchev–Trinajstić information content (AvgIpc) is 3.54. The van der Waals surface area contributed by atoms with E-state index in [1.165, 1.54) is 23.7 Å². The van der Waals surface area contributed by atoms with Gasteiger partial charge in [-0.25, -0.2) is 13.8 Å². The molecule has 0 unspecified atom stereocenters. The van der Waals surface area contributed by atoms with Crippen LogP contribution in [0.3, 0.4) is 0 Å². The highest BCUT2D eigenvalue weighted by Gasteiger charge is 2.30. The minimum absolute atomic E-state index is 0.0673. The molecule has 2 aromatic heterocycles. The zero-order valence-electron chi connectivity index (χ0n) is 17.8. The van der Waals surface area contributed by atoms with E-state index < -0.39 is 11.5 Å². The number of fused-ring (bicyclic) bond motifs is 1. The number of hydrogen-bond donors (Lipinski definition) is 1. The van der Waals surface area contributed by atoms with Gasteiger partial charge in [-0.1, -0.05) is 0 Å². The Balaban J connectivity index is 1.50. The maximum Gasteiger partial charge on any atom is 0.293 e. The van der Waals surface area contributed by atoms with Gasteiger partial charge >= 0.3 is 0 Å². The zero-order chi connectivity index (χ0) is 23.1. The van der Waals surface area contributed by atoms with Gasteiger partial charge in [-0.05, 0) is 68.3 Å². The molecule has 1 fully saturated rings. The highest BCUT2D eigenvalue weighted by Crippen LogP contribution is 2.41. The lowest BCUT2D eigenvalue weighted by Gasteiger charge is -2.11. The van der Waals surface area contributed by atoms with E-state index in [0.29, 0.717) is 27.8 Å². The van der Waals surface area contributed by atoms with E-state index in [1.54, 1.807) is 42.6 Å². The van der Waals surface area contributed by atoms with E-state index in [4.69, 9.17) is 0 Å². The summed E-state index contributed by atoms with van der Waals surface area (Å²) in [6, 6.07) is 12.2. The van der Waals surface area contributed by atoms with Crippen molar-refractivity contribution in [3.63, 3.8) is 0 Å². The molecule has 2 heterocycles. The molecule has 1 aliphatic rings. The maximum atomic E-state index is 13.4. The standard InChI is InChI=1S/C24H20FN5O3/c1-14(31)15-4-8-18(9-5-15)27-21(32)13-29-24(33)23-20(22(28-29)16-2-3-16)12-26-30(23)19-10-6-17(25)7-11-19/h4-12,16H,2-3,13H2,1H3,(H,27,32). The van der Waals surface area contributed by atoms with E-state index in [1.807, 2.05) is 0 Å². The molecular formula is C24H20FN5O3. The minimum atomic E-state index is -0.460. The van der Waals surface area contributed by atoms with Crippen LogP contribution in [0.5, 0.6) is 0 Å². The van der Waals surface area contributed by atoms with Crippen molar-refractivity contribution in [1.82, 2.24) is 19.6 Å². The first-order valence-electron chi connectivity index (χ1n) is 10.6. The van der Waals surface area contributed by atoms with Crippen LogP contribution < -0.4 is 10.9 Å². The number of nitrogens with one attached hydrogen (secondary N) is 1. The number of halogens is 1. The summed E-state index contributed by atoms with van der Waals surface area (Å²) in [5.41, 5.74) is 2.17. The lowest BCUT2D eigenvalue weighted by molar-refractivity contribution is -0.117. The summed E-state index contributed by atoms with van der Waals surface area (Å²) in [5, 5.41) is 12.2. The van der Waals surface area contributed by atoms with Crippen LogP contribution >= 0.6 is 0 Å². The molecule has 0 saturated heterocycles. The van der Waals surface area contributed by atoms with Crippen molar-refractivity contribution >= 4 is 28.3 Å². The van der Waals surface area contributed by atoms with Gasteiger partial charge in [0.15, 0.2) is 5.78 Å². The van der Waals surface area contributed by atoms with Gasteiger partial charge in [0.05, 0.1) is 17.6 Å². The number of ketones is 1. The van der Waals surface area contributed by atoms with Crippen molar-refractivity contribution < 1.29 is 14.0 Å². The molecule has 1 saturated carbocycles. The molecule has 1 N–H and O–H groups in total. The van der Waals surface area contributed by atoms with Gasteiger partial charge in [-0.3, -0.25) is 14.4 Å². The highest BCUT2D eigenvalue weighted by atomic mass is 19.1. The maximum absolute atomic E-state index is 13.4. The molecule has 0 atom stereocenters. The van der Waals surface area contributed by atoms with Crippen LogP contribution in [-0.4, -0.2) is 31.3 Å². The second kappa shape index (κ2) is 8.09. The van der Waals surface area contributed by atoms with Gasteiger partial charge in [-0.2, -0.15) is 10.2 Å². The summed E-state index contributed by atoms with van der Waals surface area (Å²) < 4.78 is 16.0. The third kappa shape index (κ3) is 4.05. The molecule has 2 aromatic carbocycles. The Hall–Kier alpha value is -4.14. The molecule has 1 amide bonds. The normalized spacial score (nSPS) is 13.3. The number of anilines is 1. The van der Waals surface area contributed by atoms with Crippen LogP contribution in [0.25, 0.3) is 16.6 Å². The van der Waals surface area contributed by atoms with E-state index in [0.717, 1.165) is 23.2 Å². The highest BCUT2D eigenvalue weighted by molar-refractivity contribution is 5.95. The number of rotatable bonds is 6. The summed E-state index contributed by atoms with van der Waals surface area (Å²) >= 11 is 0. The fourth-order valence-electron chi connectivity index (χ4n) is 3.76. The van der Waals surface area contributed by atoms with Gasteiger partial charge in [0.1, 0.15) is 17.9 Å². The summed E-state index contributed by atoms with van der Waals surface area (Å²) in [5.74, 6) is -0.662. The fraction of sp³-hybridized carbons (Fsp3) is 0.208. The number of carbonyl (C=O) groups is 2. The zero-order valence-corrected chi connectivity index (χ0v) is 17.8. The SMILES string of the molecule is CC(=O)c1ccc(NC(=O)Cn2nc(C3CC3)c3cnn(-c4ccc(F)cc4)c3c2=O)cc1.